The molecule has 111 valence electrons. The molecular weight excluding hydrogens is 254 g/mol. The van der Waals surface area contributed by atoms with Crippen LogP contribution in [0.5, 0.6) is 0 Å². The smallest absolute Gasteiger partial charge is 0.222 e. The molecule has 0 spiro atoms. The van der Waals surface area contributed by atoms with E-state index in [4.69, 9.17) is 0 Å². The highest BCUT2D eigenvalue weighted by molar-refractivity contribution is 5.76. The summed E-state index contributed by atoms with van der Waals surface area (Å²) in [6.07, 6.45) is 0.260. The lowest BCUT2D eigenvalue weighted by Crippen LogP contribution is -2.34. The van der Waals surface area contributed by atoms with E-state index in [9.17, 15) is 15.0 Å². The first kappa shape index (κ1) is 16.7. The molecule has 2 atom stereocenters. The quantitative estimate of drug-likeness (QED) is 0.677. The third kappa shape index (κ3) is 6.68. The molecule has 0 aliphatic carbocycles. The third-order valence-electron chi connectivity index (χ3n) is 2.97. The van der Waals surface area contributed by atoms with Crippen LogP contribution in [0.2, 0.25) is 0 Å². The lowest BCUT2D eigenvalue weighted by molar-refractivity contribution is -0.124. The Morgan fingerprint density at radius 1 is 1.25 bits per heavy atom. The van der Waals surface area contributed by atoms with Gasteiger partial charge >= 0.3 is 0 Å². The molecule has 3 N–H and O–H groups in total. The van der Waals surface area contributed by atoms with E-state index in [0.717, 1.165) is 5.56 Å². The minimum Gasteiger partial charge on any atom is -0.390 e. The van der Waals surface area contributed by atoms with Crippen LogP contribution in [-0.4, -0.2) is 28.3 Å². The molecule has 1 rings (SSSR count). The molecule has 0 fully saturated rings. The number of aliphatic hydroxyl groups is 2. The van der Waals surface area contributed by atoms with Crippen molar-refractivity contribution in [3.63, 3.8) is 0 Å². The molecule has 1 aromatic rings. The van der Waals surface area contributed by atoms with Crippen molar-refractivity contribution in [2.75, 3.05) is 0 Å². The van der Waals surface area contributed by atoms with E-state index in [-0.39, 0.29) is 12.3 Å². The first-order chi connectivity index (χ1) is 9.49. The first-order valence-corrected chi connectivity index (χ1v) is 6.99. The van der Waals surface area contributed by atoms with E-state index < -0.39 is 12.2 Å². The highest BCUT2D eigenvalue weighted by Crippen LogP contribution is 2.10. The average molecular weight is 278 g/mol. The van der Waals surface area contributed by atoms with Crippen LogP contribution in [0.4, 0.5) is 0 Å². The number of benzene rings is 1. The number of carbonyl (C=O) groups is 1. The van der Waals surface area contributed by atoms with Crippen molar-refractivity contribution in [1.82, 2.24) is 5.32 Å². The van der Waals surface area contributed by atoms with Crippen LogP contribution < -0.4 is 5.32 Å². The second kappa shape index (κ2) is 8.72. The van der Waals surface area contributed by atoms with E-state index in [0.29, 0.717) is 18.9 Å². The number of amides is 1. The van der Waals surface area contributed by atoms with Crippen LogP contribution in [0.1, 0.15) is 32.3 Å². The van der Waals surface area contributed by atoms with Gasteiger partial charge in [0.2, 0.25) is 5.91 Å². The molecule has 4 nitrogen and oxygen atoms in total. The van der Waals surface area contributed by atoms with Gasteiger partial charge in [-0.2, -0.15) is 0 Å². The van der Waals surface area contributed by atoms with E-state index in [2.05, 4.69) is 5.32 Å². The van der Waals surface area contributed by atoms with Gasteiger partial charge in [-0.15, -0.1) is 0 Å². The van der Waals surface area contributed by atoms with Gasteiger partial charge in [-0.25, -0.2) is 0 Å². The molecule has 0 saturated heterocycles. The normalized spacial score (nSPS) is 14.1. The van der Waals surface area contributed by atoms with Crippen molar-refractivity contribution >= 4 is 5.91 Å². The molecule has 0 bridgehead atoms. The summed E-state index contributed by atoms with van der Waals surface area (Å²) < 4.78 is 0. The van der Waals surface area contributed by atoms with Crippen LogP contribution >= 0.6 is 0 Å². The summed E-state index contributed by atoms with van der Waals surface area (Å²) in [5.74, 6) is 0.155. The number of hydrogen-bond donors (Lipinski definition) is 3. The van der Waals surface area contributed by atoms with Gasteiger partial charge in [0, 0.05) is 6.54 Å². The van der Waals surface area contributed by atoms with Gasteiger partial charge in [-0.1, -0.05) is 44.2 Å². The second-order valence-corrected chi connectivity index (χ2v) is 5.39. The van der Waals surface area contributed by atoms with Crippen molar-refractivity contribution in [3.8, 4) is 0 Å². The summed E-state index contributed by atoms with van der Waals surface area (Å²) >= 11 is 0. The van der Waals surface area contributed by atoms with Gasteiger partial charge in [-0.05, 0) is 24.3 Å². The fraction of sp³-hybridized carbons (Fsp3) is 0.500. The fourth-order valence-corrected chi connectivity index (χ4v) is 1.75. The monoisotopic (exact) mass is 278 g/mol. The lowest BCUT2D eigenvalue weighted by Gasteiger charge is -2.18. The largest absolute Gasteiger partial charge is 0.390 e. The molecule has 1 radical (unpaired) electrons. The summed E-state index contributed by atoms with van der Waals surface area (Å²) in [7, 11) is 0. The molecule has 0 heterocycles. The highest BCUT2D eigenvalue weighted by atomic mass is 16.3. The molecule has 0 aromatic heterocycles. The van der Waals surface area contributed by atoms with Gasteiger partial charge in [0.15, 0.2) is 0 Å². The third-order valence-corrected chi connectivity index (χ3v) is 2.97. The number of aliphatic hydroxyl groups excluding tert-OH is 2. The predicted octanol–water partition coefficient (Wildman–Crippen LogP) is 1.67. The van der Waals surface area contributed by atoms with Gasteiger partial charge in [0.25, 0.3) is 0 Å². The molecule has 0 saturated carbocycles. The van der Waals surface area contributed by atoms with E-state index in [1.54, 1.807) is 6.42 Å². The Balaban J connectivity index is 2.27. The standard InChI is InChI=1S/C16H24NO3/c1-12(2)8-9-14(18)15(19)10-16(20)17-11-13-6-4-3-5-7-13/h3-7,9,12,14-15,18-19H,8,10-11H2,1-2H3,(H,17,20)/t14-,15-/m1/s1. The van der Waals surface area contributed by atoms with Crippen molar-refractivity contribution in [2.45, 2.75) is 45.4 Å². The SMILES string of the molecule is CC(C)C[CH][C@@H](O)[C@H](O)CC(=O)NCc1ccccc1. The maximum Gasteiger partial charge on any atom is 0.222 e. The molecule has 0 aliphatic rings. The summed E-state index contributed by atoms with van der Waals surface area (Å²) in [5, 5.41) is 22.2. The number of hydrogen-bond acceptors (Lipinski definition) is 3. The van der Waals surface area contributed by atoms with Crippen LogP contribution in [0, 0.1) is 12.3 Å². The summed E-state index contributed by atoms with van der Waals surface area (Å²) in [5.41, 5.74) is 1.00. The Morgan fingerprint density at radius 2 is 1.90 bits per heavy atom. The van der Waals surface area contributed by atoms with Gasteiger partial charge in [0.1, 0.15) is 0 Å². The van der Waals surface area contributed by atoms with Crippen molar-refractivity contribution in [3.05, 3.63) is 42.3 Å². The number of rotatable bonds is 8. The van der Waals surface area contributed by atoms with Gasteiger partial charge < -0.3 is 15.5 Å². The lowest BCUT2D eigenvalue weighted by atomic mass is 10.00. The van der Waals surface area contributed by atoms with Gasteiger partial charge in [-0.3, -0.25) is 4.79 Å². The molecule has 1 amide bonds. The second-order valence-electron chi connectivity index (χ2n) is 5.39. The number of nitrogens with one attached hydrogen (secondary N) is 1. The van der Waals surface area contributed by atoms with Crippen molar-refractivity contribution in [2.24, 2.45) is 5.92 Å². The molecule has 20 heavy (non-hydrogen) atoms. The Morgan fingerprint density at radius 3 is 2.50 bits per heavy atom. The number of carbonyl (C=O) groups excluding carboxylic acids is 1. The first-order valence-electron chi connectivity index (χ1n) is 6.99. The van der Waals surface area contributed by atoms with Crippen molar-refractivity contribution in [1.29, 1.82) is 0 Å². The topological polar surface area (TPSA) is 69.6 Å². The zero-order valence-corrected chi connectivity index (χ0v) is 12.1. The van der Waals surface area contributed by atoms with Crippen LogP contribution in [0.25, 0.3) is 0 Å². The Labute approximate surface area is 120 Å². The van der Waals surface area contributed by atoms with Crippen LogP contribution in [0.15, 0.2) is 30.3 Å². The molecule has 0 aliphatic heterocycles. The van der Waals surface area contributed by atoms with E-state index in [1.807, 2.05) is 44.2 Å². The van der Waals surface area contributed by atoms with E-state index in [1.165, 1.54) is 0 Å². The summed E-state index contributed by atoms with van der Waals surface area (Å²) in [4.78, 5) is 11.7. The maximum atomic E-state index is 11.7. The van der Waals surface area contributed by atoms with Gasteiger partial charge in [0.05, 0.1) is 18.6 Å². The predicted molar refractivity (Wildman–Crippen MR) is 78.7 cm³/mol. The summed E-state index contributed by atoms with van der Waals surface area (Å²) in [6.45, 7) is 4.49. The molecular formula is C16H24NO3. The molecule has 4 heteroatoms. The Hall–Kier alpha value is -1.39. The minimum absolute atomic E-state index is 0.0946. The van der Waals surface area contributed by atoms with Crippen molar-refractivity contribution < 1.29 is 15.0 Å². The average Bonchev–Trinajstić information content (AvgIpc) is 2.43. The zero-order valence-electron chi connectivity index (χ0n) is 12.1. The van der Waals surface area contributed by atoms with Crippen LogP contribution in [-0.2, 0) is 11.3 Å². The maximum absolute atomic E-state index is 11.7. The zero-order chi connectivity index (χ0) is 15.0. The van der Waals surface area contributed by atoms with Crippen LogP contribution in [0.3, 0.4) is 0 Å². The molecule has 1 aromatic carbocycles. The van der Waals surface area contributed by atoms with E-state index >= 15 is 0 Å². The highest BCUT2D eigenvalue weighted by Gasteiger charge is 2.19. The Bertz CT molecular complexity index is 392. The summed E-state index contributed by atoms with van der Waals surface area (Å²) in [6, 6.07) is 9.56. The minimum atomic E-state index is -1.05. The fourth-order valence-electron chi connectivity index (χ4n) is 1.75. The Kier molecular flexibility index (Phi) is 7.26. The molecule has 0 unspecified atom stereocenters.